The van der Waals surface area contributed by atoms with Crippen LogP contribution in [0.4, 0.5) is 0 Å². The Kier molecular flexibility index (Phi) is 13.9. The van der Waals surface area contributed by atoms with E-state index in [9.17, 15) is 0 Å². The molecule has 0 radical (unpaired) electrons. The predicted octanol–water partition coefficient (Wildman–Crippen LogP) is 4.36. The van der Waals surface area contributed by atoms with Crippen molar-refractivity contribution < 1.29 is 14.2 Å². The smallest absolute Gasteiger partial charge is 0.193 e. The van der Waals surface area contributed by atoms with Gasteiger partial charge in [0.1, 0.15) is 0 Å². The van der Waals surface area contributed by atoms with Gasteiger partial charge in [0.25, 0.3) is 0 Å². The minimum atomic E-state index is 0. The lowest BCUT2D eigenvalue weighted by Gasteiger charge is -2.26. The maximum atomic E-state index is 5.68. The number of rotatable bonds is 11. The van der Waals surface area contributed by atoms with E-state index in [0.717, 1.165) is 69.1 Å². The average molecular weight is 533 g/mol. The molecule has 0 unspecified atom stereocenters. The highest BCUT2D eigenvalue weighted by Gasteiger charge is 2.15. The number of nitrogens with zero attached hydrogens (tertiary/aromatic N) is 2. The summed E-state index contributed by atoms with van der Waals surface area (Å²) in [5.41, 5.74) is 1.25. The van der Waals surface area contributed by atoms with Crippen LogP contribution in [0.15, 0.2) is 23.2 Å². The van der Waals surface area contributed by atoms with E-state index in [1.54, 1.807) is 7.11 Å². The Morgan fingerprint density at radius 2 is 2.00 bits per heavy atom. The molecule has 30 heavy (non-hydrogen) atoms. The minimum absolute atomic E-state index is 0. The van der Waals surface area contributed by atoms with Crippen molar-refractivity contribution in [2.24, 2.45) is 10.9 Å². The van der Waals surface area contributed by atoms with Crippen molar-refractivity contribution in [1.82, 2.24) is 10.2 Å². The van der Waals surface area contributed by atoms with Gasteiger partial charge in [-0.2, -0.15) is 0 Å². The normalized spacial score (nSPS) is 14.7. The summed E-state index contributed by atoms with van der Waals surface area (Å²) in [6.07, 6.45) is 5.55. The molecule has 1 aliphatic rings. The molecule has 1 aromatic rings. The lowest BCUT2D eigenvalue weighted by molar-refractivity contribution is 0.0625. The molecule has 0 aliphatic carbocycles. The molecule has 1 N–H and O–H groups in total. The van der Waals surface area contributed by atoms with Crippen molar-refractivity contribution in [2.45, 2.75) is 46.0 Å². The number of aryl methyl sites for hydroxylation is 1. The molecule has 0 saturated carbocycles. The van der Waals surface area contributed by atoms with E-state index in [2.05, 4.69) is 36.3 Å². The molecule has 0 amide bonds. The number of nitrogens with one attached hydrogen (secondary N) is 1. The van der Waals surface area contributed by atoms with Crippen molar-refractivity contribution in [3.05, 3.63) is 23.8 Å². The fourth-order valence-electron chi connectivity index (χ4n) is 3.60. The molecular weight excluding hydrogens is 493 g/mol. The summed E-state index contributed by atoms with van der Waals surface area (Å²) in [6, 6.07) is 6.17. The maximum absolute atomic E-state index is 5.68. The molecule has 2 rings (SSSR count). The number of halogens is 1. The minimum Gasteiger partial charge on any atom is -0.493 e. The summed E-state index contributed by atoms with van der Waals surface area (Å²) in [5, 5.41) is 3.42. The number of hydrogen-bond donors (Lipinski definition) is 1. The van der Waals surface area contributed by atoms with Gasteiger partial charge in [0.15, 0.2) is 17.5 Å². The van der Waals surface area contributed by atoms with Gasteiger partial charge in [-0.3, -0.25) is 4.99 Å². The van der Waals surface area contributed by atoms with Crippen LogP contribution < -0.4 is 14.8 Å². The third kappa shape index (κ3) is 9.29. The second-order valence-corrected chi connectivity index (χ2v) is 7.52. The highest BCUT2D eigenvalue weighted by Crippen LogP contribution is 2.28. The summed E-state index contributed by atoms with van der Waals surface area (Å²) in [4.78, 5) is 7.10. The Balaban J connectivity index is 0.00000450. The molecule has 6 nitrogen and oxygen atoms in total. The molecule has 1 saturated heterocycles. The lowest BCUT2D eigenvalue weighted by Crippen LogP contribution is -2.40. The van der Waals surface area contributed by atoms with Crippen LogP contribution in [0.3, 0.4) is 0 Å². The fourth-order valence-corrected chi connectivity index (χ4v) is 3.60. The third-order valence-corrected chi connectivity index (χ3v) is 5.32. The van der Waals surface area contributed by atoms with Crippen molar-refractivity contribution in [1.29, 1.82) is 0 Å². The summed E-state index contributed by atoms with van der Waals surface area (Å²) < 4.78 is 16.5. The van der Waals surface area contributed by atoms with Crippen molar-refractivity contribution in [3.8, 4) is 11.5 Å². The number of methoxy groups -OCH3 is 1. The van der Waals surface area contributed by atoms with Gasteiger partial charge in [0.05, 0.1) is 13.7 Å². The monoisotopic (exact) mass is 533 g/mol. The topological polar surface area (TPSA) is 55.3 Å². The molecule has 1 heterocycles. The number of benzene rings is 1. The van der Waals surface area contributed by atoms with Gasteiger partial charge in [-0.25, -0.2) is 0 Å². The Morgan fingerprint density at radius 1 is 1.23 bits per heavy atom. The zero-order valence-corrected chi connectivity index (χ0v) is 21.4. The van der Waals surface area contributed by atoms with E-state index < -0.39 is 0 Å². The van der Waals surface area contributed by atoms with E-state index in [-0.39, 0.29) is 24.0 Å². The van der Waals surface area contributed by atoms with Crippen LogP contribution in [-0.2, 0) is 11.2 Å². The predicted molar refractivity (Wildman–Crippen MR) is 135 cm³/mol. The summed E-state index contributed by atoms with van der Waals surface area (Å²) in [7, 11) is 3.81. The second kappa shape index (κ2) is 15.6. The number of hydrogen-bond acceptors (Lipinski definition) is 4. The molecule has 1 aliphatic heterocycles. The van der Waals surface area contributed by atoms with Crippen LogP contribution in [0.25, 0.3) is 0 Å². The first kappa shape index (κ1) is 26.8. The molecule has 0 bridgehead atoms. The molecule has 0 atom stereocenters. The molecular formula is C23H40IN3O3. The quantitative estimate of drug-likeness (QED) is 0.198. The van der Waals surface area contributed by atoms with Crippen LogP contribution >= 0.6 is 24.0 Å². The van der Waals surface area contributed by atoms with Gasteiger partial charge >= 0.3 is 0 Å². The molecule has 1 aromatic carbocycles. The van der Waals surface area contributed by atoms with Gasteiger partial charge < -0.3 is 24.4 Å². The van der Waals surface area contributed by atoms with Crippen molar-refractivity contribution in [3.63, 3.8) is 0 Å². The van der Waals surface area contributed by atoms with Gasteiger partial charge in [0, 0.05) is 39.9 Å². The summed E-state index contributed by atoms with van der Waals surface area (Å²) in [6.45, 7) is 9.30. The number of aliphatic imine (C=N–C) groups is 1. The molecule has 172 valence electrons. The van der Waals surface area contributed by atoms with E-state index in [0.29, 0.717) is 6.61 Å². The average Bonchev–Trinajstić information content (AvgIpc) is 2.75. The summed E-state index contributed by atoms with van der Waals surface area (Å²) >= 11 is 0. The second-order valence-electron chi connectivity index (χ2n) is 7.52. The van der Waals surface area contributed by atoms with E-state index in [4.69, 9.17) is 19.2 Å². The van der Waals surface area contributed by atoms with Gasteiger partial charge in [-0.05, 0) is 69.6 Å². The third-order valence-electron chi connectivity index (χ3n) is 5.32. The standard InChI is InChI=1S/C23H39N3O3.HI/c1-5-24-23(26(3)15-11-19-12-16-28-17-13-19)25-14-7-8-20-9-10-21(27-4)22(18-20)29-6-2;/h9-10,18-19H,5-8,11-17H2,1-4H3,(H,24,25);1H. The van der Waals surface area contributed by atoms with Crippen LogP contribution in [0.1, 0.15) is 45.1 Å². The zero-order valence-electron chi connectivity index (χ0n) is 19.1. The zero-order chi connectivity index (χ0) is 20.9. The molecule has 0 aromatic heterocycles. The van der Waals surface area contributed by atoms with Crippen LogP contribution in [0.2, 0.25) is 0 Å². The van der Waals surface area contributed by atoms with Crippen molar-refractivity contribution >= 4 is 29.9 Å². The SMILES string of the molecule is CCNC(=NCCCc1ccc(OC)c(OCC)c1)N(C)CCC1CCOCC1.I. The highest BCUT2D eigenvalue weighted by atomic mass is 127. The Hall–Kier alpha value is -1.22. The Labute approximate surface area is 199 Å². The van der Waals surface area contributed by atoms with Crippen LogP contribution in [0, 0.1) is 5.92 Å². The first-order valence-corrected chi connectivity index (χ1v) is 11.0. The Bertz CT molecular complexity index is 622. The molecule has 0 spiro atoms. The van der Waals surface area contributed by atoms with Gasteiger partial charge in [-0.1, -0.05) is 6.07 Å². The maximum Gasteiger partial charge on any atom is 0.193 e. The van der Waals surface area contributed by atoms with E-state index >= 15 is 0 Å². The largest absolute Gasteiger partial charge is 0.493 e. The summed E-state index contributed by atoms with van der Waals surface area (Å²) in [5.74, 6) is 3.39. The first-order chi connectivity index (χ1) is 14.2. The van der Waals surface area contributed by atoms with E-state index in [1.807, 2.05) is 13.0 Å². The van der Waals surface area contributed by atoms with Gasteiger partial charge in [0.2, 0.25) is 0 Å². The number of ether oxygens (including phenoxy) is 3. The van der Waals surface area contributed by atoms with Crippen LogP contribution in [0.5, 0.6) is 11.5 Å². The molecule has 7 heteroatoms. The number of guanidine groups is 1. The van der Waals surface area contributed by atoms with Gasteiger partial charge in [-0.15, -0.1) is 24.0 Å². The van der Waals surface area contributed by atoms with E-state index in [1.165, 1.54) is 24.8 Å². The first-order valence-electron chi connectivity index (χ1n) is 11.0. The lowest BCUT2D eigenvalue weighted by atomic mass is 9.96. The highest BCUT2D eigenvalue weighted by molar-refractivity contribution is 14.0. The fraction of sp³-hybridized carbons (Fsp3) is 0.696. The van der Waals surface area contributed by atoms with Crippen LogP contribution in [-0.4, -0.2) is 64.5 Å². The van der Waals surface area contributed by atoms with Crippen molar-refractivity contribution in [2.75, 3.05) is 53.6 Å². The molecule has 1 fully saturated rings. The Morgan fingerprint density at radius 3 is 2.67 bits per heavy atom.